The molecule has 4 rings (SSSR count). The zero-order chi connectivity index (χ0) is 14.2. The van der Waals surface area contributed by atoms with Gasteiger partial charge in [-0.25, -0.2) is 12.2 Å². The van der Waals surface area contributed by atoms with Crippen LogP contribution in [0.2, 0.25) is 0 Å². The Morgan fingerprint density at radius 3 is 2.55 bits per heavy atom. The number of rotatable bonds is 0. The van der Waals surface area contributed by atoms with Crippen LogP contribution in [0.25, 0.3) is 11.1 Å². The maximum absolute atomic E-state index is 3.39. The Hall–Kier alpha value is -1.34. The van der Waals surface area contributed by atoms with Crippen molar-refractivity contribution in [2.75, 3.05) is 0 Å². The summed E-state index contributed by atoms with van der Waals surface area (Å²) in [6.45, 7) is 0. The molecule has 0 bridgehead atoms. The van der Waals surface area contributed by atoms with Gasteiger partial charge in [0.2, 0.25) is 0 Å². The molecule has 0 saturated carbocycles. The number of hydrogen-bond acceptors (Lipinski definition) is 0. The summed E-state index contributed by atoms with van der Waals surface area (Å²) in [6.07, 6.45) is 11.0. The SMILES string of the molecule is [C-]1=CC=CC1.[CH2]=[Hf+2].[H-].[H-].[c-]1cccc2c1Cc1ccccc1-2. The van der Waals surface area contributed by atoms with Crippen LogP contribution in [0.3, 0.4) is 0 Å². The molecule has 0 atom stereocenters. The van der Waals surface area contributed by atoms with Gasteiger partial charge in [-0.1, -0.05) is 35.4 Å². The Morgan fingerprint density at radius 2 is 1.85 bits per heavy atom. The average molecular weight is 425 g/mol. The van der Waals surface area contributed by atoms with E-state index in [1.54, 1.807) is 0 Å². The first-order valence-corrected chi connectivity index (χ1v) is 9.14. The van der Waals surface area contributed by atoms with E-state index < -0.39 is 0 Å². The van der Waals surface area contributed by atoms with Crippen LogP contribution >= 0.6 is 0 Å². The summed E-state index contributed by atoms with van der Waals surface area (Å²) in [5.74, 6) is 0. The maximum atomic E-state index is 3.39. The predicted octanol–water partition coefficient (Wildman–Crippen LogP) is 4.55. The number of hydrogen-bond donors (Lipinski definition) is 0. The first kappa shape index (κ1) is 15.1. The van der Waals surface area contributed by atoms with Crippen LogP contribution in [-0.2, 0) is 30.3 Å². The smallest absolute Gasteiger partial charge is 0.0253 e. The Labute approximate surface area is 138 Å². The molecule has 100 valence electrons. The van der Waals surface area contributed by atoms with Crippen LogP contribution < -0.4 is 0 Å². The summed E-state index contributed by atoms with van der Waals surface area (Å²) in [4.78, 5) is 0. The molecule has 2 aromatic rings. The van der Waals surface area contributed by atoms with E-state index in [0.717, 1.165) is 36.7 Å². The van der Waals surface area contributed by atoms with E-state index in [9.17, 15) is 0 Å². The Morgan fingerprint density at radius 1 is 1.05 bits per heavy atom. The summed E-state index contributed by atoms with van der Waals surface area (Å²) in [7, 11) is 0. The van der Waals surface area contributed by atoms with Crippen molar-refractivity contribution in [1.29, 1.82) is 0 Å². The predicted molar refractivity (Wildman–Crippen MR) is 84.4 cm³/mol. The minimum absolute atomic E-state index is 0. The van der Waals surface area contributed by atoms with Crippen molar-refractivity contribution < 1.29 is 26.7 Å². The standard InChI is InChI=1S/C13H9.C5H5.CH2.Hf.2H/c1-3-7-12-10(5-1)9-11-6-2-4-8-13(11)12;1-2-4-5-3-1;;;;/h1-5,7-8H,9H2;1-3H,4H2;1H2;;;/q2*-1;;+2;2*-1. The van der Waals surface area contributed by atoms with Gasteiger partial charge in [-0.05, 0) is 6.42 Å². The molecule has 20 heavy (non-hydrogen) atoms. The molecule has 0 radical (unpaired) electrons. The number of benzene rings is 2. The first-order valence-electron chi connectivity index (χ1n) is 6.60. The summed E-state index contributed by atoms with van der Waals surface area (Å²) >= 11 is 1.06. The summed E-state index contributed by atoms with van der Waals surface area (Å²) in [6, 6.07) is 18.1. The Balaban J connectivity index is 0.000000422. The molecule has 0 heterocycles. The number of fused-ring (bicyclic) bond motifs is 3. The minimum Gasteiger partial charge on any atom is -1.00 e. The molecule has 0 aromatic heterocycles. The van der Waals surface area contributed by atoms with E-state index >= 15 is 0 Å². The van der Waals surface area contributed by atoms with Crippen molar-refractivity contribution in [3.05, 3.63) is 84.0 Å². The monoisotopic (exact) mass is 426 g/mol. The summed E-state index contributed by atoms with van der Waals surface area (Å²) in [5, 5.41) is 0. The van der Waals surface area contributed by atoms with Gasteiger partial charge in [0.05, 0.1) is 0 Å². The molecular formula is C19H18Hf-2. The van der Waals surface area contributed by atoms with E-state index in [2.05, 4.69) is 58.9 Å². The second kappa shape index (κ2) is 8.06. The van der Waals surface area contributed by atoms with Gasteiger partial charge in [-0.2, -0.15) is 35.9 Å². The van der Waals surface area contributed by atoms with Gasteiger partial charge < -0.3 is 2.85 Å². The number of allylic oxidation sites excluding steroid dienone is 4. The van der Waals surface area contributed by atoms with E-state index in [4.69, 9.17) is 0 Å². The topological polar surface area (TPSA) is 0 Å². The summed E-state index contributed by atoms with van der Waals surface area (Å²) < 4.78 is 3.39. The average Bonchev–Trinajstić information content (AvgIpc) is 3.20. The quantitative estimate of drug-likeness (QED) is 0.367. The van der Waals surface area contributed by atoms with Gasteiger partial charge in [-0.15, -0.1) is 12.0 Å². The van der Waals surface area contributed by atoms with Crippen LogP contribution in [0.4, 0.5) is 0 Å². The molecule has 2 aromatic carbocycles. The van der Waals surface area contributed by atoms with E-state index in [1.165, 1.54) is 22.3 Å². The molecule has 0 fully saturated rings. The van der Waals surface area contributed by atoms with Crippen molar-refractivity contribution in [2.24, 2.45) is 0 Å². The third-order valence-corrected chi connectivity index (χ3v) is 3.20. The first-order chi connectivity index (χ1) is 9.95. The molecule has 0 aliphatic heterocycles. The molecule has 0 saturated heterocycles. The molecule has 0 N–H and O–H groups in total. The van der Waals surface area contributed by atoms with Crippen LogP contribution in [0.1, 0.15) is 20.4 Å². The minimum atomic E-state index is 0. The summed E-state index contributed by atoms with van der Waals surface area (Å²) in [5.41, 5.74) is 5.51. The molecule has 2 aliphatic carbocycles. The molecular weight excluding hydrogens is 407 g/mol. The Bertz CT molecular complexity index is 579. The molecule has 0 nitrogen and oxygen atoms in total. The second-order valence-electron chi connectivity index (χ2n) is 4.40. The van der Waals surface area contributed by atoms with Crippen LogP contribution in [0.15, 0.2) is 60.7 Å². The third kappa shape index (κ3) is 3.61. The van der Waals surface area contributed by atoms with Gasteiger partial charge in [0.1, 0.15) is 0 Å². The van der Waals surface area contributed by atoms with E-state index in [-0.39, 0.29) is 2.85 Å². The zero-order valence-corrected chi connectivity index (χ0v) is 15.0. The largest absolute Gasteiger partial charge is 1.00 e. The van der Waals surface area contributed by atoms with Gasteiger partial charge >= 0.3 is 28.2 Å². The van der Waals surface area contributed by atoms with Gasteiger partial charge in [0.25, 0.3) is 0 Å². The van der Waals surface area contributed by atoms with Gasteiger partial charge in [0.15, 0.2) is 0 Å². The fourth-order valence-electron chi connectivity index (χ4n) is 2.34. The molecule has 1 heteroatoms. The van der Waals surface area contributed by atoms with Crippen molar-refractivity contribution in [2.45, 2.75) is 12.8 Å². The van der Waals surface area contributed by atoms with Crippen LogP contribution in [-0.4, -0.2) is 4.26 Å². The fraction of sp³-hybridized carbons (Fsp3) is 0.105. The molecule has 0 spiro atoms. The van der Waals surface area contributed by atoms with Crippen molar-refractivity contribution in [3.8, 4) is 11.1 Å². The van der Waals surface area contributed by atoms with Gasteiger partial charge in [-0.3, -0.25) is 6.08 Å². The van der Waals surface area contributed by atoms with Crippen molar-refractivity contribution in [1.82, 2.24) is 0 Å². The second-order valence-corrected chi connectivity index (χ2v) is 4.40. The normalized spacial score (nSPS) is 12.7. The molecule has 2 aliphatic rings. The Kier molecular flexibility index (Phi) is 6.07. The maximum Gasteiger partial charge on any atom is -0.0253 e. The van der Waals surface area contributed by atoms with E-state index in [1.807, 2.05) is 18.2 Å². The molecule has 0 unspecified atom stereocenters. The van der Waals surface area contributed by atoms with Crippen molar-refractivity contribution in [3.63, 3.8) is 0 Å². The van der Waals surface area contributed by atoms with Crippen LogP contribution in [0, 0.1) is 12.1 Å². The zero-order valence-electron chi connectivity index (χ0n) is 13.4. The fourth-order valence-corrected chi connectivity index (χ4v) is 2.34. The molecule has 0 amide bonds. The van der Waals surface area contributed by atoms with Gasteiger partial charge in [0, 0.05) is 0 Å². The van der Waals surface area contributed by atoms with Crippen molar-refractivity contribution >= 4 is 4.26 Å². The third-order valence-electron chi connectivity index (χ3n) is 3.20. The van der Waals surface area contributed by atoms with E-state index in [0.29, 0.717) is 0 Å². The van der Waals surface area contributed by atoms with Crippen LogP contribution in [0.5, 0.6) is 0 Å².